The molecule has 0 fully saturated rings. The van der Waals surface area contributed by atoms with E-state index in [0.717, 1.165) is 22.6 Å². The number of hydrogen-bond donors (Lipinski definition) is 0. The van der Waals surface area contributed by atoms with Gasteiger partial charge in [-0.2, -0.15) is 0 Å². The number of ether oxygens (including phenoxy) is 3. The normalized spacial score (nSPS) is 10.5. The molecule has 0 unspecified atom stereocenters. The van der Waals surface area contributed by atoms with Gasteiger partial charge in [0, 0.05) is 13.1 Å². The molecule has 2 aromatic carbocycles. The summed E-state index contributed by atoms with van der Waals surface area (Å²) in [6.45, 7) is 5.37. The Morgan fingerprint density at radius 1 is 0.846 bits per heavy atom. The topological polar surface area (TPSA) is 48.0 Å². The van der Waals surface area contributed by atoms with E-state index in [9.17, 15) is 4.79 Å². The van der Waals surface area contributed by atoms with Gasteiger partial charge in [0.05, 0.1) is 20.8 Å². The Balaban J connectivity index is 2.12. The fourth-order valence-electron chi connectivity index (χ4n) is 2.42. The number of carbonyl (C=O) groups is 1. The van der Waals surface area contributed by atoms with Gasteiger partial charge in [0.2, 0.25) is 0 Å². The van der Waals surface area contributed by atoms with E-state index < -0.39 is 0 Å². The molecule has 0 aliphatic rings. The summed E-state index contributed by atoms with van der Waals surface area (Å²) in [7, 11) is 3.27. The quantitative estimate of drug-likeness (QED) is 0.698. The van der Waals surface area contributed by atoms with Gasteiger partial charge in [-0.3, -0.25) is 4.90 Å². The summed E-state index contributed by atoms with van der Waals surface area (Å²) in [5.74, 6) is 1.87. The molecular weight excluding hydrogens is 330 g/mol. The molecule has 26 heavy (non-hydrogen) atoms. The van der Waals surface area contributed by atoms with Crippen LogP contribution in [-0.4, -0.2) is 31.8 Å². The fraction of sp³-hybridized carbons (Fsp3) is 0.381. The van der Waals surface area contributed by atoms with Crippen molar-refractivity contribution in [2.24, 2.45) is 5.92 Å². The van der Waals surface area contributed by atoms with Crippen LogP contribution in [0.3, 0.4) is 0 Å². The molecule has 1 amide bonds. The van der Waals surface area contributed by atoms with Crippen LogP contribution in [0.1, 0.15) is 25.0 Å². The van der Waals surface area contributed by atoms with Crippen LogP contribution in [0.2, 0.25) is 0 Å². The number of methoxy groups -OCH3 is 2. The van der Waals surface area contributed by atoms with Crippen molar-refractivity contribution in [2.45, 2.75) is 26.9 Å². The Kier molecular flexibility index (Phi) is 7.33. The Bertz CT molecular complexity index is 631. The molecule has 0 aromatic heterocycles. The number of benzene rings is 2. The van der Waals surface area contributed by atoms with Crippen LogP contribution in [0.25, 0.3) is 0 Å². The van der Waals surface area contributed by atoms with E-state index in [1.807, 2.05) is 62.4 Å². The highest BCUT2D eigenvalue weighted by Crippen LogP contribution is 2.17. The van der Waals surface area contributed by atoms with Gasteiger partial charge in [-0.25, -0.2) is 4.79 Å². The molecule has 140 valence electrons. The molecule has 5 nitrogen and oxygen atoms in total. The molecule has 5 heteroatoms. The molecule has 0 atom stereocenters. The molecule has 0 aliphatic heterocycles. The first-order chi connectivity index (χ1) is 12.5. The third-order valence-electron chi connectivity index (χ3n) is 3.86. The minimum Gasteiger partial charge on any atom is -0.497 e. The van der Waals surface area contributed by atoms with E-state index in [-0.39, 0.29) is 6.09 Å². The van der Waals surface area contributed by atoms with Crippen LogP contribution < -0.4 is 9.47 Å². The van der Waals surface area contributed by atoms with Crippen LogP contribution in [0.4, 0.5) is 4.79 Å². The van der Waals surface area contributed by atoms with Crippen LogP contribution in [-0.2, 0) is 17.8 Å². The number of nitrogens with zero attached hydrogens (tertiary/aromatic N) is 1. The Hall–Kier alpha value is -2.69. The molecule has 2 rings (SSSR count). The fourth-order valence-corrected chi connectivity index (χ4v) is 2.42. The van der Waals surface area contributed by atoms with Gasteiger partial charge in [-0.05, 0) is 41.3 Å². The van der Waals surface area contributed by atoms with E-state index in [1.54, 1.807) is 19.1 Å². The minimum atomic E-state index is -0.315. The number of carbonyl (C=O) groups excluding carboxylic acids is 1. The summed E-state index contributed by atoms with van der Waals surface area (Å²) in [5.41, 5.74) is 2.03. The lowest BCUT2D eigenvalue weighted by Crippen LogP contribution is -2.31. The smallest absolute Gasteiger partial charge is 0.410 e. The average molecular weight is 357 g/mol. The van der Waals surface area contributed by atoms with Crippen molar-refractivity contribution in [2.75, 3.05) is 20.8 Å². The molecule has 0 bridgehead atoms. The van der Waals surface area contributed by atoms with Gasteiger partial charge in [-0.1, -0.05) is 38.1 Å². The molecule has 0 heterocycles. The molecule has 0 spiro atoms. The number of hydrogen-bond acceptors (Lipinski definition) is 4. The lowest BCUT2D eigenvalue weighted by atomic mass is 10.1. The zero-order valence-corrected chi connectivity index (χ0v) is 15.9. The summed E-state index contributed by atoms with van der Waals surface area (Å²) in [4.78, 5) is 14.3. The molecule has 0 saturated carbocycles. The highest BCUT2D eigenvalue weighted by Gasteiger charge is 2.17. The molecule has 0 saturated heterocycles. The lowest BCUT2D eigenvalue weighted by molar-refractivity contribution is 0.0871. The first kappa shape index (κ1) is 19.6. The van der Waals surface area contributed by atoms with Gasteiger partial charge >= 0.3 is 6.09 Å². The van der Waals surface area contributed by atoms with Crippen LogP contribution >= 0.6 is 0 Å². The highest BCUT2D eigenvalue weighted by atomic mass is 16.6. The zero-order valence-electron chi connectivity index (χ0n) is 15.9. The largest absolute Gasteiger partial charge is 0.497 e. The average Bonchev–Trinajstić information content (AvgIpc) is 2.66. The van der Waals surface area contributed by atoms with Crippen molar-refractivity contribution in [1.29, 1.82) is 0 Å². The van der Waals surface area contributed by atoms with Crippen molar-refractivity contribution < 1.29 is 19.0 Å². The summed E-state index contributed by atoms with van der Waals surface area (Å²) in [5, 5.41) is 0. The Morgan fingerprint density at radius 2 is 1.27 bits per heavy atom. The monoisotopic (exact) mass is 357 g/mol. The van der Waals surface area contributed by atoms with Gasteiger partial charge in [0.15, 0.2) is 0 Å². The van der Waals surface area contributed by atoms with Crippen LogP contribution in [0.15, 0.2) is 48.5 Å². The Labute approximate surface area is 155 Å². The summed E-state index contributed by atoms with van der Waals surface area (Å²) < 4.78 is 15.8. The number of amides is 1. The third kappa shape index (κ3) is 5.99. The van der Waals surface area contributed by atoms with E-state index in [4.69, 9.17) is 14.2 Å². The molecule has 2 aromatic rings. The highest BCUT2D eigenvalue weighted by molar-refractivity contribution is 5.67. The summed E-state index contributed by atoms with van der Waals surface area (Å²) >= 11 is 0. The molecular formula is C21H27NO4. The van der Waals surface area contributed by atoms with E-state index in [0.29, 0.717) is 25.6 Å². The third-order valence-corrected chi connectivity index (χ3v) is 3.86. The van der Waals surface area contributed by atoms with Crippen molar-refractivity contribution in [3.63, 3.8) is 0 Å². The van der Waals surface area contributed by atoms with Gasteiger partial charge < -0.3 is 14.2 Å². The lowest BCUT2D eigenvalue weighted by Gasteiger charge is -2.23. The van der Waals surface area contributed by atoms with Crippen molar-refractivity contribution in [3.05, 3.63) is 59.7 Å². The second-order valence-corrected chi connectivity index (χ2v) is 6.52. The molecule has 0 radical (unpaired) electrons. The van der Waals surface area contributed by atoms with Gasteiger partial charge in [-0.15, -0.1) is 0 Å². The van der Waals surface area contributed by atoms with E-state index in [2.05, 4.69) is 0 Å². The number of rotatable bonds is 8. The second-order valence-electron chi connectivity index (χ2n) is 6.52. The second kappa shape index (κ2) is 9.70. The zero-order chi connectivity index (χ0) is 18.9. The van der Waals surface area contributed by atoms with Crippen LogP contribution in [0, 0.1) is 5.92 Å². The van der Waals surface area contributed by atoms with E-state index >= 15 is 0 Å². The predicted molar refractivity (Wildman–Crippen MR) is 101 cm³/mol. The predicted octanol–water partition coefficient (Wildman–Crippen LogP) is 4.50. The minimum absolute atomic E-state index is 0.294. The SMILES string of the molecule is COc1ccc(CN(Cc2ccc(OC)cc2)C(=O)OCC(C)C)cc1. The molecule has 0 aliphatic carbocycles. The summed E-state index contributed by atoms with van der Waals surface area (Å²) in [6, 6.07) is 15.4. The van der Waals surface area contributed by atoms with E-state index in [1.165, 1.54) is 0 Å². The first-order valence-corrected chi connectivity index (χ1v) is 8.69. The molecule has 0 N–H and O–H groups in total. The Morgan fingerprint density at radius 3 is 1.62 bits per heavy atom. The first-order valence-electron chi connectivity index (χ1n) is 8.69. The van der Waals surface area contributed by atoms with Gasteiger partial charge in [0.25, 0.3) is 0 Å². The standard InChI is InChI=1S/C21H27NO4/c1-16(2)15-26-21(23)22(13-17-5-9-19(24-3)10-6-17)14-18-7-11-20(25-4)12-8-18/h5-12,16H,13-15H2,1-4H3. The maximum atomic E-state index is 12.6. The van der Waals surface area contributed by atoms with Crippen molar-refractivity contribution >= 4 is 6.09 Å². The van der Waals surface area contributed by atoms with Crippen LogP contribution in [0.5, 0.6) is 11.5 Å². The van der Waals surface area contributed by atoms with Crippen molar-refractivity contribution in [3.8, 4) is 11.5 Å². The summed E-state index contributed by atoms with van der Waals surface area (Å²) in [6.07, 6.45) is -0.315. The maximum Gasteiger partial charge on any atom is 0.410 e. The maximum absolute atomic E-state index is 12.6. The van der Waals surface area contributed by atoms with Gasteiger partial charge in [0.1, 0.15) is 11.5 Å². The van der Waals surface area contributed by atoms with Crippen molar-refractivity contribution in [1.82, 2.24) is 4.90 Å².